The van der Waals surface area contributed by atoms with Crippen LogP contribution in [0.25, 0.3) is 0 Å². The quantitative estimate of drug-likeness (QED) is 0.477. The van der Waals surface area contributed by atoms with E-state index in [1.807, 2.05) is 46.8 Å². The van der Waals surface area contributed by atoms with Crippen molar-refractivity contribution in [2.75, 3.05) is 50.1 Å². The predicted molar refractivity (Wildman–Crippen MR) is 148 cm³/mol. The van der Waals surface area contributed by atoms with Gasteiger partial charge in [0, 0.05) is 45.9 Å². The van der Waals surface area contributed by atoms with Crippen LogP contribution in [0.3, 0.4) is 0 Å². The van der Waals surface area contributed by atoms with Crippen LogP contribution >= 0.6 is 0 Å². The number of nitrogens with zero attached hydrogens (tertiary/aromatic N) is 5. The fraction of sp³-hybridized carbons (Fsp3) is 0.571. The number of carbonyl (C=O) groups is 2. The standard InChI is InChI=1S/C28H39FN6O5/c1-18(30-25-31-23(29)15-24(32-25)35-22(19(2)38-6)17-39-27(35)37)21-9-7-20(8-10-21)16-33-11-13-34(14-12-33)26(36)40-28(3,4)5/h7-10,15,18-19,22H,11-14,16-17H2,1-6H3,(H,30,31,32)/t18-,19+,22?/m0/s1. The molecule has 2 amide bonds. The van der Waals surface area contributed by atoms with Crippen LogP contribution < -0.4 is 10.2 Å². The fourth-order valence-electron chi connectivity index (χ4n) is 4.66. The number of nitrogens with one attached hydrogen (secondary N) is 1. The summed E-state index contributed by atoms with van der Waals surface area (Å²) in [7, 11) is 1.54. The van der Waals surface area contributed by atoms with E-state index < -0.39 is 23.7 Å². The van der Waals surface area contributed by atoms with Gasteiger partial charge in [0.1, 0.15) is 24.1 Å². The van der Waals surface area contributed by atoms with Crippen LogP contribution in [0, 0.1) is 5.95 Å². The van der Waals surface area contributed by atoms with Crippen molar-refractivity contribution in [1.82, 2.24) is 19.8 Å². The van der Waals surface area contributed by atoms with E-state index >= 15 is 0 Å². The predicted octanol–water partition coefficient (Wildman–Crippen LogP) is 4.20. The number of hydrogen-bond donors (Lipinski definition) is 1. The molecule has 0 aliphatic carbocycles. The Hall–Kier alpha value is -3.51. The molecule has 1 unspecified atom stereocenters. The number of piperazine rings is 1. The van der Waals surface area contributed by atoms with Crippen molar-refractivity contribution in [2.45, 2.75) is 65.0 Å². The first-order chi connectivity index (χ1) is 18.9. The van der Waals surface area contributed by atoms with E-state index in [2.05, 4.69) is 32.3 Å². The highest BCUT2D eigenvalue weighted by molar-refractivity contribution is 5.89. The number of rotatable bonds is 8. The molecule has 40 heavy (non-hydrogen) atoms. The van der Waals surface area contributed by atoms with Crippen molar-refractivity contribution in [3.05, 3.63) is 47.4 Å². The molecule has 2 aromatic rings. The molecule has 1 aromatic carbocycles. The molecular weight excluding hydrogens is 519 g/mol. The summed E-state index contributed by atoms with van der Waals surface area (Å²) in [5.74, 6) is -0.580. The maximum atomic E-state index is 14.5. The number of benzene rings is 1. The normalized spacial score (nSPS) is 19.8. The van der Waals surface area contributed by atoms with Gasteiger partial charge in [-0.25, -0.2) is 9.59 Å². The second-order valence-electron chi connectivity index (χ2n) is 11.2. The molecule has 12 heteroatoms. The molecule has 2 aliphatic rings. The molecule has 0 bridgehead atoms. The van der Waals surface area contributed by atoms with Crippen LogP contribution in [0.4, 0.5) is 25.7 Å². The first-order valence-electron chi connectivity index (χ1n) is 13.5. The minimum atomic E-state index is -0.759. The van der Waals surface area contributed by atoms with Crippen molar-refractivity contribution in [3.8, 4) is 0 Å². The first kappa shape index (κ1) is 29.5. The van der Waals surface area contributed by atoms with Gasteiger partial charge < -0.3 is 24.4 Å². The van der Waals surface area contributed by atoms with E-state index in [0.29, 0.717) is 13.1 Å². The van der Waals surface area contributed by atoms with Gasteiger partial charge in [0.05, 0.1) is 12.1 Å². The van der Waals surface area contributed by atoms with Crippen LogP contribution in [0.5, 0.6) is 0 Å². The Bertz CT molecular complexity index is 1180. The molecule has 2 saturated heterocycles. The molecule has 0 radical (unpaired) electrons. The number of halogens is 1. The van der Waals surface area contributed by atoms with E-state index in [-0.39, 0.29) is 36.6 Å². The smallest absolute Gasteiger partial charge is 0.416 e. The number of aromatic nitrogens is 2. The Labute approximate surface area is 234 Å². The average Bonchev–Trinajstić information content (AvgIpc) is 3.29. The summed E-state index contributed by atoms with van der Waals surface area (Å²) in [6.45, 7) is 13.0. The monoisotopic (exact) mass is 558 g/mol. The molecule has 0 spiro atoms. The molecule has 4 rings (SSSR count). The summed E-state index contributed by atoms with van der Waals surface area (Å²) < 4.78 is 30.4. The molecular formula is C28H39FN6O5. The van der Waals surface area contributed by atoms with Crippen LogP contribution in [-0.4, -0.2) is 89.6 Å². The van der Waals surface area contributed by atoms with Gasteiger partial charge in [-0.2, -0.15) is 14.4 Å². The Morgan fingerprint density at radius 2 is 1.82 bits per heavy atom. The number of anilines is 2. The van der Waals surface area contributed by atoms with E-state index in [1.54, 1.807) is 12.0 Å². The van der Waals surface area contributed by atoms with Crippen LogP contribution in [0.1, 0.15) is 51.8 Å². The SMILES string of the molecule is CO[C@H](C)C1COC(=O)N1c1cc(F)nc(N[C@@H](C)c2ccc(CN3CCN(C(=O)OC(C)(C)C)CC3)cc2)n1. The van der Waals surface area contributed by atoms with Crippen molar-refractivity contribution >= 4 is 24.0 Å². The number of carbonyl (C=O) groups excluding carboxylic acids is 2. The number of amides is 2. The van der Waals surface area contributed by atoms with Gasteiger partial charge in [0.25, 0.3) is 0 Å². The van der Waals surface area contributed by atoms with Crippen molar-refractivity contribution in [2.24, 2.45) is 0 Å². The van der Waals surface area contributed by atoms with Gasteiger partial charge in [-0.3, -0.25) is 9.80 Å². The van der Waals surface area contributed by atoms with Gasteiger partial charge in [-0.1, -0.05) is 24.3 Å². The Kier molecular flexibility index (Phi) is 9.09. The zero-order valence-electron chi connectivity index (χ0n) is 24.0. The molecule has 218 valence electrons. The summed E-state index contributed by atoms with van der Waals surface area (Å²) in [6.07, 6.45) is -1.20. The lowest BCUT2D eigenvalue weighted by molar-refractivity contribution is 0.0139. The van der Waals surface area contributed by atoms with E-state index in [4.69, 9.17) is 14.2 Å². The van der Waals surface area contributed by atoms with Crippen LogP contribution in [0.2, 0.25) is 0 Å². The Morgan fingerprint density at radius 1 is 1.15 bits per heavy atom. The molecule has 1 aromatic heterocycles. The molecule has 3 atom stereocenters. The largest absolute Gasteiger partial charge is 0.447 e. The third kappa shape index (κ3) is 7.36. The topological polar surface area (TPSA) is 109 Å². The van der Waals surface area contributed by atoms with E-state index in [0.717, 1.165) is 36.8 Å². The zero-order chi connectivity index (χ0) is 29.0. The summed E-state index contributed by atoms with van der Waals surface area (Å²) >= 11 is 0. The molecule has 2 aliphatic heterocycles. The maximum Gasteiger partial charge on any atom is 0.416 e. The van der Waals surface area contributed by atoms with Gasteiger partial charge in [-0.15, -0.1) is 0 Å². The summed E-state index contributed by atoms with van der Waals surface area (Å²) in [5, 5.41) is 3.14. The first-order valence-corrected chi connectivity index (χ1v) is 13.5. The van der Waals surface area contributed by atoms with Gasteiger partial charge in [0.15, 0.2) is 0 Å². The lowest BCUT2D eigenvalue weighted by Gasteiger charge is -2.35. The highest BCUT2D eigenvalue weighted by Crippen LogP contribution is 2.27. The molecule has 0 saturated carbocycles. The second kappa shape index (κ2) is 12.3. The van der Waals surface area contributed by atoms with Gasteiger partial charge >= 0.3 is 12.2 Å². The summed E-state index contributed by atoms with van der Waals surface area (Å²) in [4.78, 5) is 38.3. The maximum absolute atomic E-state index is 14.5. The lowest BCUT2D eigenvalue weighted by Crippen LogP contribution is -2.49. The minimum Gasteiger partial charge on any atom is -0.447 e. The van der Waals surface area contributed by atoms with Crippen LogP contribution in [0.15, 0.2) is 30.3 Å². The minimum absolute atomic E-state index is 0.0676. The number of ether oxygens (including phenoxy) is 3. The van der Waals surface area contributed by atoms with Crippen molar-refractivity contribution in [3.63, 3.8) is 0 Å². The third-order valence-corrected chi connectivity index (χ3v) is 7.00. The highest BCUT2D eigenvalue weighted by atomic mass is 19.1. The Balaban J connectivity index is 1.34. The second-order valence-corrected chi connectivity index (χ2v) is 11.2. The van der Waals surface area contributed by atoms with Crippen LogP contribution in [-0.2, 0) is 20.8 Å². The zero-order valence-corrected chi connectivity index (χ0v) is 24.0. The van der Waals surface area contributed by atoms with E-state index in [9.17, 15) is 14.0 Å². The molecule has 1 N–H and O–H groups in total. The number of hydrogen-bond acceptors (Lipinski definition) is 9. The summed E-state index contributed by atoms with van der Waals surface area (Å²) in [6, 6.07) is 8.60. The van der Waals surface area contributed by atoms with Crippen molar-refractivity contribution in [1.29, 1.82) is 0 Å². The Morgan fingerprint density at radius 3 is 2.45 bits per heavy atom. The van der Waals surface area contributed by atoms with Gasteiger partial charge in [0.2, 0.25) is 11.9 Å². The average molecular weight is 559 g/mol. The number of cyclic esters (lactones) is 1. The molecule has 11 nitrogen and oxygen atoms in total. The van der Waals surface area contributed by atoms with Gasteiger partial charge in [-0.05, 0) is 45.7 Å². The highest BCUT2D eigenvalue weighted by Gasteiger charge is 2.39. The molecule has 2 fully saturated rings. The lowest BCUT2D eigenvalue weighted by atomic mass is 10.1. The summed E-state index contributed by atoms with van der Waals surface area (Å²) in [5.41, 5.74) is 1.62. The fourth-order valence-corrected chi connectivity index (χ4v) is 4.66. The molecule has 3 heterocycles. The van der Waals surface area contributed by atoms with E-state index in [1.165, 1.54) is 4.90 Å². The number of methoxy groups -OCH3 is 1. The van der Waals surface area contributed by atoms with Crippen molar-refractivity contribution < 1.29 is 28.2 Å². The third-order valence-electron chi connectivity index (χ3n) is 7.00.